The summed E-state index contributed by atoms with van der Waals surface area (Å²) in [6.07, 6.45) is -3.10. The highest BCUT2D eigenvalue weighted by Crippen LogP contribution is 2.32. The number of carbonyl (C=O) groups excluding carboxylic acids is 1. The van der Waals surface area contributed by atoms with Gasteiger partial charge in [-0.25, -0.2) is 18.7 Å². The molecule has 0 spiro atoms. The lowest BCUT2D eigenvalue weighted by Crippen LogP contribution is -2.22. The van der Waals surface area contributed by atoms with Crippen molar-refractivity contribution in [1.82, 2.24) is 9.97 Å². The maximum Gasteiger partial charge on any atom is 0.435 e. The molecule has 0 saturated heterocycles. The Bertz CT molecular complexity index is 1020. The van der Waals surface area contributed by atoms with Crippen LogP contribution in [0.25, 0.3) is 0 Å². The molecular weight excluding hydrogens is 385 g/mol. The first kappa shape index (κ1) is 19.2. The van der Waals surface area contributed by atoms with E-state index in [9.17, 15) is 26.7 Å². The monoisotopic (exact) mass is 395 g/mol. The zero-order valence-electron chi connectivity index (χ0n) is 13.8. The molecule has 2 aromatic carbocycles. The van der Waals surface area contributed by atoms with Crippen LogP contribution in [0.3, 0.4) is 0 Å². The van der Waals surface area contributed by atoms with Crippen LogP contribution in [0, 0.1) is 11.6 Å². The number of nitrogens with one attached hydrogen (secondary N) is 1. The number of hydrogen-bond donors (Lipinski definition) is 1. The van der Waals surface area contributed by atoms with Gasteiger partial charge in [0.15, 0.2) is 28.8 Å². The molecule has 1 heterocycles. The Labute approximate surface area is 154 Å². The molecule has 10 heteroatoms. The summed E-state index contributed by atoms with van der Waals surface area (Å²) in [6.45, 7) is 0. The third kappa shape index (κ3) is 4.22. The summed E-state index contributed by atoms with van der Waals surface area (Å²) in [7, 11) is 0. The van der Waals surface area contributed by atoms with Crippen LogP contribution in [0.15, 0.2) is 54.9 Å². The van der Waals surface area contributed by atoms with E-state index in [0.717, 1.165) is 30.6 Å². The number of hydrogen-bond acceptors (Lipinski definition) is 4. The topological polar surface area (TPSA) is 64.1 Å². The van der Waals surface area contributed by atoms with Crippen LogP contribution < -0.4 is 10.1 Å². The second kappa shape index (κ2) is 7.59. The SMILES string of the molecule is O=C(Nc1ccccc1Oc1ccc(F)c(F)c1)c1nccnc1C(F)(F)F. The van der Waals surface area contributed by atoms with E-state index in [1.807, 2.05) is 0 Å². The van der Waals surface area contributed by atoms with Crippen LogP contribution >= 0.6 is 0 Å². The molecule has 0 atom stereocenters. The van der Waals surface area contributed by atoms with Gasteiger partial charge in [0.25, 0.3) is 5.91 Å². The van der Waals surface area contributed by atoms with Gasteiger partial charge in [-0.05, 0) is 24.3 Å². The van der Waals surface area contributed by atoms with Gasteiger partial charge in [0.2, 0.25) is 0 Å². The van der Waals surface area contributed by atoms with E-state index in [4.69, 9.17) is 4.74 Å². The molecule has 3 aromatic rings. The Morgan fingerprint density at radius 1 is 0.964 bits per heavy atom. The normalized spacial score (nSPS) is 11.2. The molecule has 0 aliphatic carbocycles. The zero-order valence-corrected chi connectivity index (χ0v) is 13.8. The van der Waals surface area contributed by atoms with Crippen molar-refractivity contribution >= 4 is 11.6 Å². The van der Waals surface area contributed by atoms with Crippen molar-refractivity contribution in [1.29, 1.82) is 0 Å². The van der Waals surface area contributed by atoms with Crippen molar-refractivity contribution in [3.05, 3.63) is 77.9 Å². The van der Waals surface area contributed by atoms with E-state index in [-0.39, 0.29) is 17.2 Å². The standard InChI is InChI=1S/C18H10F5N3O2/c19-11-6-5-10(9-12(11)20)28-14-4-2-1-3-13(14)26-17(27)15-16(18(21,22)23)25-8-7-24-15/h1-9H,(H,26,27). The second-order valence-electron chi connectivity index (χ2n) is 5.38. The molecule has 1 N–H and O–H groups in total. The summed E-state index contributed by atoms with van der Waals surface area (Å²) in [5.41, 5.74) is -2.36. The lowest BCUT2D eigenvalue weighted by atomic mass is 10.2. The molecule has 144 valence electrons. The first-order chi connectivity index (χ1) is 13.3. The van der Waals surface area contributed by atoms with E-state index in [2.05, 4.69) is 15.3 Å². The van der Waals surface area contributed by atoms with Gasteiger partial charge in [0.1, 0.15) is 5.75 Å². The predicted octanol–water partition coefficient (Wildman–Crippen LogP) is 4.82. The van der Waals surface area contributed by atoms with Crippen molar-refractivity contribution in [2.75, 3.05) is 5.32 Å². The molecule has 0 aliphatic heterocycles. The smallest absolute Gasteiger partial charge is 0.435 e. The summed E-state index contributed by atoms with van der Waals surface area (Å²) in [4.78, 5) is 18.9. The van der Waals surface area contributed by atoms with E-state index < -0.39 is 35.1 Å². The molecular formula is C18H10F5N3O2. The number of para-hydroxylation sites is 2. The van der Waals surface area contributed by atoms with Crippen LogP contribution in [0.4, 0.5) is 27.6 Å². The molecule has 0 saturated carbocycles. The molecule has 0 fully saturated rings. The van der Waals surface area contributed by atoms with Gasteiger partial charge in [-0.15, -0.1) is 0 Å². The van der Waals surface area contributed by atoms with Gasteiger partial charge in [0, 0.05) is 18.5 Å². The summed E-state index contributed by atoms with van der Waals surface area (Å²) >= 11 is 0. The lowest BCUT2D eigenvalue weighted by molar-refractivity contribution is -0.141. The maximum absolute atomic E-state index is 13.3. The van der Waals surface area contributed by atoms with Gasteiger partial charge in [-0.3, -0.25) is 4.79 Å². The Kier molecular flexibility index (Phi) is 5.21. The summed E-state index contributed by atoms with van der Waals surface area (Å²) in [5, 5.41) is 2.25. The minimum atomic E-state index is -4.87. The summed E-state index contributed by atoms with van der Waals surface area (Å²) in [5.74, 6) is -3.46. The fourth-order valence-corrected chi connectivity index (χ4v) is 2.22. The molecule has 0 unspecified atom stereocenters. The fourth-order valence-electron chi connectivity index (χ4n) is 2.22. The number of benzene rings is 2. The number of rotatable bonds is 4. The van der Waals surface area contributed by atoms with Crippen molar-refractivity contribution in [3.8, 4) is 11.5 Å². The van der Waals surface area contributed by atoms with Crippen LogP contribution in [0.5, 0.6) is 11.5 Å². The van der Waals surface area contributed by atoms with Gasteiger partial charge >= 0.3 is 6.18 Å². The maximum atomic E-state index is 13.3. The van der Waals surface area contributed by atoms with Gasteiger partial charge in [-0.1, -0.05) is 12.1 Å². The summed E-state index contributed by atoms with van der Waals surface area (Å²) in [6, 6.07) is 8.55. The van der Waals surface area contributed by atoms with Crippen molar-refractivity contribution < 1.29 is 31.5 Å². The molecule has 3 rings (SSSR count). The quantitative estimate of drug-likeness (QED) is 0.644. The van der Waals surface area contributed by atoms with Crippen molar-refractivity contribution in [3.63, 3.8) is 0 Å². The molecule has 0 bridgehead atoms. The molecule has 5 nitrogen and oxygen atoms in total. The molecule has 1 amide bonds. The average molecular weight is 395 g/mol. The molecule has 28 heavy (non-hydrogen) atoms. The average Bonchev–Trinajstić information content (AvgIpc) is 2.65. The van der Waals surface area contributed by atoms with E-state index in [0.29, 0.717) is 0 Å². The van der Waals surface area contributed by atoms with Crippen LogP contribution in [0.2, 0.25) is 0 Å². The number of halogens is 5. The molecule has 1 aromatic heterocycles. The highest BCUT2D eigenvalue weighted by Gasteiger charge is 2.38. The highest BCUT2D eigenvalue weighted by molar-refractivity contribution is 6.04. The minimum absolute atomic E-state index is 0.000642. The second-order valence-corrected chi connectivity index (χ2v) is 5.38. The van der Waals surface area contributed by atoms with Gasteiger partial charge in [-0.2, -0.15) is 13.2 Å². The van der Waals surface area contributed by atoms with E-state index >= 15 is 0 Å². The minimum Gasteiger partial charge on any atom is -0.455 e. The first-order valence-corrected chi connectivity index (χ1v) is 7.67. The fraction of sp³-hybridized carbons (Fsp3) is 0.0556. The molecule has 0 aliphatic rings. The van der Waals surface area contributed by atoms with Crippen molar-refractivity contribution in [2.45, 2.75) is 6.18 Å². The van der Waals surface area contributed by atoms with Crippen LogP contribution in [0.1, 0.15) is 16.2 Å². The van der Waals surface area contributed by atoms with Gasteiger partial charge < -0.3 is 10.1 Å². The van der Waals surface area contributed by atoms with Crippen LogP contribution in [-0.2, 0) is 6.18 Å². The highest BCUT2D eigenvalue weighted by atomic mass is 19.4. The third-order valence-electron chi connectivity index (χ3n) is 3.44. The Morgan fingerprint density at radius 2 is 1.68 bits per heavy atom. The largest absolute Gasteiger partial charge is 0.455 e. The predicted molar refractivity (Wildman–Crippen MR) is 87.9 cm³/mol. The third-order valence-corrected chi connectivity index (χ3v) is 3.44. The van der Waals surface area contributed by atoms with E-state index in [1.165, 1.54) is 24.3 Å². The zero-order chi connectivity index (χ0) is 20.3. The number of anilines is 1. The van der Waals surface area contributed by atoms with Crippen molar-refractivity contribution in [2.24, 2.45) is 0 Å². The molecule has 0 radical (unpaired) electrons. The number of carbonyl (C=O) groups is 1. The Balaban J connectivity index is 1.88. The Hall–Kier alpha value is -3.56. The Morgan fingerprint density at radius 3 is 2.39 bits per heavy atom. The van der Waals surface area contributed by atoms with Crippen LogP contribution in [-0.4, -0.2) is 15.9 Å². The lowest BCUT2D eigenvalue weighted by Gasteiger charge is -2.14. The number of alkyl halides is 3. The van der Waals surface area contributed by atoms with E-state index in [1.54, 1.807) is 0 Å². The number of ether oxygens (including phenoxy) is 1. The number of aromatic nitrogens is 2. The summed E-state index contributed by atoms with van der Waals surface area (Å²) < 4.78 is 70.8. The number of amides is 1. The number of nitrogens with zero attached hydrogens (tertiary/aromatic N) is 2. The van der Waals surface area contributed by atoms with Gasteiger partial charge in [0.05, 0.1) is 5.69 Å². The first-order valence-electron chi connectivity index (χ1n) is 7.67.